The molecule has 118 valence electrons. The number of carboxylic acid groups (broad SMARTS) is 1. The average Bonchev–Trinajstić information content (AvgIpc) is 2.52. The van der Waals surface area contributed by atoms with E-state index in [1.165, 1.54) is 19.3 Å². The molecule has 3 unspecified atom stereocenters. The van der Waals surface area contributed by atoms with E-state index in [1.54, 1.807) is 0 Å². The largest absolute Gasteiger partial charge is 0.480 e. The van der Waals surface area contributed by atoms with E-state index in [0.29, 0.717) is 23.8 Å². The van der Waals surface area contributed by atoms with Crippen LogP contribution in [0.4, 0.5) is 0 Å². The normalized spacial score (nSPS) is 26.3. The quantitative estimate of drug-likeness (QED) is 0.748. The van der Waals surface area contributed by atoms with Crippen molar-refractivity contribution in [2.45, 2.75) is 85.2 Å². The molecule has 0 bridgehead atoms. The van der Waals surface area contributed by atoms with Crippen molar-refractivity contribution in [3.63, 3.8) is 0 Å². The van der Waals surface area contributed by atoms with Crippen LogP contribution in [0.3, 0.4) is 0 Å². The summed E-state index contributed by atoms with van der Waals surface area (Å²) in [5.74, 6) is 0.481. The summed E-state index contributed by atoms with van der Waals surface area (Å²) in [6, 6.07) is -0.00612. The molecule has 0 amide bonds. The zero-order valence-electron chi connectivity index (χ0n) is 13.9. The van der Waals surface area contributed by atoms with E-state index in [0.717, 1.165) is 18.8 Å². The number of hydrogen-bond donors (Lipinski definition) is 2. The van der Waals surface area contributed by atoms with Crippen LogP contribution < -0.4 is 5.32 Å². The topological polar surface area (TPSA) is 49.3 Å². The van der Waals surface area contributed by atoms with Crippen LogP contribution in [-0.4, -0.2) is 23.2 Å². The van der Waals surface area contributed by atoms with Crippen LogP contribution in [0.15, 0.2) is 0 Å². The standard InChI is InChI=1S/C17H33NO2/c1-12(2)11-15(16(19)20)18-14-8-6-7-13(9-10-14)17(3,4)5/h12-15,18H,6-11H2,1-5H3,(H,19,20). The number of aliphatic carboxylic acids is 1. The predicted octanol–water partition coefficient (Wildman–Crippen LogP) is 4.07. The molecule has 3 heteroatoms. The van der Waals surface area contributed by atoms with Gasteiger partial charge in [-0.05, 0) is 49.4 Å². The molecule has 3 nitrogen and oxygen atoms in total. The summed E-state index contributed by atoms with van der Waals surface area (Å²) in [6.07, 6.45) is 6.67. The third-order valence-corrected chi connectivity index (χ3v) is 4.64. The summed E-state index contributed by atoms with van der Waals surface area (Å²) >= 11 is 0. The maximum atomic E-state index is 11.4. The van der Waals surface area contributed by atoms with Crippen molar-refractivity contribution < 1.29 is 9.90 Å². The van der Waals surface area contributed by atoms with E-state index in [9.17, 15) is 9.90 Å². The Hall–Kier alpha value is -0.570. The Kier molecular flexibility index (Phi) is 6.50. The van der Waals surface area contributed by atoms with Gasteiger partial charge in [0.15, 0.2) is 0 Å². The summed E-state index contributed by atoms with van der Waals surface area (Å²) in [4.78, 5) is 11.4. The molecule has 0 aliphatic heterocycles. The van der Waals surface area contributed by atoms with E-state index in [1.807, 2.05) is 0 Å². The van der Waals surface area contributed by atoms with Crippen LogP contribution >= 0.6 is 0 Å². The van der Waals surface area contributed by atoms with E-state index >= 15 is 0 Å². The highest BCUT2D eigenvalue weighted by molar-refractivity contribution is 5.73. The van der Waals surface area contributed by atoms with Crippen LogP contribution in [0.2, 0.25) is 0 Å². The number of carboxylic acids is 1. The summed E-state index contributed by atoms with van der Waals surface area (Å²) in [5, 5.41) is 12.7. The number of rotatable bonds is 5. The molecule has 2 N–H and O–H groups in total. The second-order valence-electron chi connectivity index (χ2n) is 7.96. The Labute approximate surface area is 124 Å². The zero-order valence-corrected chi connectivity index (χ0v) is 13.9. The lowest BCUT2D eigenvalue weighted by atomic mass is 9.76. The Balaban J connectivity index is 2.54. The molecule has 0 aromatic carbocycles. The van der Waals surface area contributed by atoms with Gasteiger partial charge in [0.2, 0.25) is 0 Å². The van der Waals surface area contributed by atoms with E-state index in [-0.39, 0.29) is 6.04 Å². The third-order valence-electron chi connectivity index (χ3n) is 4.64. The van der Waals surface area contributed by atoms with E-state index in [4.69, 9.17) is 0 Å². The van der Waals surface area contributed by atoms with Crippen LogP contribution in [0.1, 0.15) is 73.1 Å². The molecule has 0 radical (unpaired) electrons. The fourth-order valence-electron chi connectivity index (χ4n) is 3.33. The minimum atomic E-state index is -0.699. The molecule has 1 saturated carbocycles. The molecular weight excluding hydrogens is 250 g/mol. The van der Waals surface area contributed by atoms with Gasteiger partial charge in [-0.1, -0.05) is 41.0 Å². The van der Waals surface area contributed by atoms with Gasteiger partial charge in [0.1, 0.15) is 6.04 Å². The molecule has 1 fully saturated rings. The minimum Gasteiger partial charge on any atom is -0.480 e. The van der Waals surface area contributed by atoms with Gasteiger partial charge in [-0.25, -0.2) is 0 Å². The molecule has 3 atom stereocenters. The number of carbonyl (C=O) groups is 1. The molecule has 0 heterocycles. The van der Waals surface area contributed by atoms with Gasteiger partial charge in [0.05, 0.1) is 0 Å². The van der Waals surface area contributed by atoms with Crippen LogP contribution in [0, 0.1) is 17.3 Å². The highest BCUT2D eigenvalue weighted by Gasteiger charge is 2.29. The van der Waals surface area contributed by atoms with E-state index < -0.39 is 5.97 Å². The van der Waals surface area contributed by atoms with Crippen molar-refractivity contribution in [2.24, 2.45) is 17.3 Å². The Morgan fingerprint density at radius 2 is 1.85 bits per heavy atom. The summed E-state index contributed by atoms with van der Waals surface area (Å²) in [6.45, 7) is 11.1. The van der Waals surface area contributed by atoms with Crippen molar-refractivity contribution in [3.05, 3.63) is 0 Å². The molecule has 20 heavy (non-hydrogen) atoms. The average molecular weight is 283 g/mol. The van der Waals surface area contributed by atoms with Crippen molar-refractivity contribution in [2.75, 3.05) is 0 Å². The first kappa shape index (κ1) is 17.5. The number of nitrogens with one attached hydrogen (secondary N) is 1. The van der Waals surface area contributed by atoms with Gasteiger partial charge < -0.3 is 10.4 Å². The molecule has 0 saturated heterocycles. The van der Waals surface area contributed by atoms with Crippen LogP contribution in [0.25, 0.3) is 0 Å². The lowest BCUT2D eigenvalue weighted by Crippen LogP contribution is -2.44. The second kappa shape index (κ2) is 7.44. The maximum absolute atomic E-state index is 11.4. The summed E-state index contributed by atoms with van der Waals surface area (Å²) in [7, 11) is 0. The number of hydrogen-bond acceptors (Lipinski definition) is 2. The van der Waals surface area contributed by atoms with Crippen LogP contribution in [0.5, 0.6) is 0 Å². The second-order valence-corrected chi connectivity index (χ2v) is 7.96. The Bertz CT molecular complexity index is 307. The first-order chi connectivity index (χ1) is 9.20. The van der Waals surface area contributed by atoms with Crippen molar-refractivity contribution in [3.8, 4) is 0 Å². The Morgan fingerprint density at radius 1 is 1.20 bits per heavy atom. The van der Waals surface area contributed by atoms with Gasteiger partial charge in [0.25, 0.3) is 0 Å². The SMILES string of the molecule is CC(C)CC(NC1CCCC(C(C)(C)C)CC1)C(=O)O. The van der Waals surface area contributed by atoms with Gasteiger partial charge in [-0.15, -0.1) is 0 Å². The highest BCUT2D eigenvalue weighted by atomic mass is 16.4. The third kappa shape index (κ3) is 5.82. The van der Waals surface area contributed by atoms with Crippen molar-refractivity contribution in [1.82, 2.24) is 5.32 Å². The summed E-state index contributed by atoms with van der Waals surface area (Å²) < 4.78 is 0. The molecular formula is C17H33NO2. The van der Waals surface area contributed by atoms with Crippen molar-refractivity contribution in [1.29, 1.82) is 0 Å². The lowest BCUT2D eigenvalue weighted by molar-refractivity contribution is -0.140. The van der Waals surface area contributed by atoms with Gasteiger partial charge in [0, 0.05) is 6.04 Å². The molecule has 0 aromatic rings. The predicted molar refractivity (Wildman–Crippen MR) is 83.8 cm³/mol. The smallest absolute Gasteiger partial charge is 0.320 e. The molecule has 1 rings (SSSR count). The van der Waals surface area contributed by atoms with Crippen LogP contribution in [-0.2, 0) is 4.79 Å². The van der Waals surface area contributed by atoms with Gasteiger partial charge >= 0.3 is 5.97 Å². The van der Waals surface area contributed by atoms with Crippen molar-refractivity contribution >= 4 is 5.97 Å². The highest BCUT2D eigenvalue weighted by Crippen LogP contribution is 2.36. The zero-order chi connectivity index (χ0) is 15.3. The monoisotopic (exact) mass is 283 g/mol. The van der Waals surface area contributed by atoms with Gasteiger partial charge in [-0.3, -0.25) is 4.79 Å². The summed E-state index contributed by atoms with van der Waals surface area (Å²) in [5.41, 5.74) is 0.374. The Morgan fingerprint density at radius 3 is 2.35 bits per heavy atom. The fourth-order valence-corrected chi connectivity index (χ4v) is 3.33. The molecule has 1 aliphatic carbocycles. The molecule has 0 spiro atoms. The van der Waals surface area contributed by atoms with Gasteiger partial charge in [-0.2, -0.15) is 0 Å². The molecule has 1 aliphatic rings. The lowest BCUT2D eigenvalue weighted by Gasteiger charge is -2.30. The first-order valence-electron chi connectivity index (χ1n) is 8.19. The fraction of sp³-hybridized carbons (Fsp3) is 0.941. The minimum absolute atomic E-state index is 0.374. The maximum Gasteiger partial charge on any atom is 0.320 e. The van der Waals surface area contributed by atoms with E-state index in [2.05, 4.69) is 39.9 Å². The first-order valence-corrected chi connectivity index (χ1v) is 8.19. The molecule has 0 aromatic heterocycles.